The molecule has 27 heavy (non-hydrogen) atoms. The Labute approximate surface area is 154 Å². The number of halogens is 3. The van der Waals surface area contributed by atoms with E-state index in [1.807, 2.05) is 0 Å². The summed E-state index contributed by atoms with van der Waals surface area (Å²) in [6, 6.07) is 4.54. The molecule has 2 aliphatic heterocycles. The number of hydrogen-bond donors (Lipinski definition) is 1. The molecule has 10 heteroatoms. The van der Waals surface area contributed by atoms with Crippen LogP contribution in [0.1, 0.15) is 12.8 Å². The van der Waals surface area contributed by atoms with E-state index in [9.17, 15) is 22.8 Å². The van der Waals surface area contributed by atoms with Crippen molar-refractivity contribution >= 4 is 17.6 Å². The summed E-state index contributed by atoms with van der Waals surface area (Å²) >= 11 is 0. The van der Waals surface area contributed by atoms with Gasteiger partial charge in [0.15, 0.2) is 0 Å². The Kier molecular flexibility index (Phi) is 5.73. The molecule has 0 radical (unpaired) electrons. The third kappa shape index (κ3) is 5.25. The van der Waals surface area contributed by atoms with Gasteiger partial charge in [-0.05, 0) is 37.1 Å². The molecule has 2 fully saturated rings. The summed E-state index contributed by atoms with van der Waals surface area (Å²) in [6.45, 7) is 2.19. The molecule has 1 aromatic carbocycles. The highest BCUT2D eigenvalue weighted by Gasteiger charge is 2.32. The van der Waals surface area contributed by atoms with Crippen molar-refractivity contribution in [3.63, 3.8) is 0 Å². The molecule has 0 aliphatic carbocycles. The Morgan fingerprint density at radius 3 is 2.26 bits per heavy atom. The fraction of sp³-hybridized carbons (Fsp3) is 0.529. The van der Waals surface area contributed by atoms with Crippen LogP contribution in [0, 0.1) is 0 Å². The van der Waals surface area contributed by atoms with Crippen molar-refractivity contribution in [3.05, 3.63) is 24.3 Å². The fourth-order valence-electron chi connectivity index (χ4n) is 3.05. The SMILES string of the molecule is O=C(Nc1ccc(OC(F)(F)F)cc1)N1CCN(C(=O)[C@@H]2CCCO2)CC1. The number of rotatable bonds is 3. The van der Waals surface area contributed by atoms with E-state index in [1.165, 1.54) is 12.1 Å². The van der Waals surface area contributed by atoms with Crippen molar-refractivity contribution in [2.24, 2.45) is 0 Å². The lowest BCUT2D eigenvalue weighted by atomic mass is 10.2. The van der Waals surface area contributed by atoms with Gasteiger partial charge in [0.2, 0.25) is 0 Å². The number of urea groups is 1. The second-order valence-corrected chi connectivity index (χ2v) is 6.32. The molecule has 0 spiro atoms. The molecule has 7 nitrogen and oxygen atoms in total. The zero-order chi connectivity index (χ0) is 19.4. The zero-order valence-corrected chi connectivity index (χ0v) is 14.5. The first-order chi connectivity index (χ1) is 12.8. The number of anilines is 1. The summed E-state index contributed by atoms with van der Waals surface area (Å²) in [6.07, 6.45) is -3.52. The van der Waals surface area contributed by atoms with Gasteiger partial charge in [-0.25, -0.2) is 4.79 Å². The average Bonchev–Trinajstić information content (AvgIpc) is 3.16. The van der Waals surface area contributed by atoms with Gasteiger partial charge in [0.1, 0.15) is 11.9 Å². The molecule has 0 bridgehead atoms. The van der Waals surface area contributed by atoms with Crippen LogP contribution in [0.2, 0.25) is 0 Å². The lowest BCUT2D eigenvalue weighted by molar-refractivity contribution is -0.274. The van der Waals surface area contributed by atoms with Crippen molar-refractivity contribution in [1.82, 2.24) is 9.80 Å². The van der Waals surface area contributed by atoms with Gasteiger partial charge in [-0.3, -0.25) is 4.79 Å². The van der Waals surface area contributed by atoms with E-state index in [2.05, 4.69) is 10.1 Å². The van der Waals surface area contributed by atoms with Gasteiger partial charge in [0.05, 0.1) is 0 Å². The second-order valence-electron chi connectivity index (χ2n) is 6.32. The summed E-state index contributed by atoms with van der Waals surface area (Å²) in [7, 11) is 0. The number of piperazine rings is 1. The maximum Gasteiger partial charge on any atom is 0.573 e. The van der Waals surface area contributed by atoms with E-state index >= 15 is 0 Å². The lowest BCUT2D eigenvalue weighted by Gasteiger charge is -2.35. The van der Waals surface area contributed by atoms with Gasteiger partial charge in [-0.15, -0.1) is 13.2 Å². The summed E-state index contributed by atoms with van der Waals surface area (Å²) in [5, 5.41) is 2.62. The predicted molar refractivity (Wildman–Crippen MR) is 89.3 cm³/mol. The van der Waals surface area contributed by atoms with Gasteiger partial charge in [0, 0.05) is 38.5 Å². The van der Waals surface area contributed by atoms with Gasteiger partial charge in [-0.1, -0.05) is 0 Å². The molecule has 2 saturated heterocycles. The summed E-state index contributed by atoms with van der Waals surface area (Å²) < 4.78 is 45.6. The molecule has 1 atom stereocenters. The zero-order valence-electron chi connectivity index (χ0n) is 14.5. The maximum absolute atomic E-state index is 12.3. The summed E-state index contributed by atoms with van der Waals surface area (Å²) in [5.41, 5.74) is 0.354. The third-order valence-corrected chi connectivity index (χ3v) is 4.42. The minimum absolute atomic E-state index is 0.0344. The number of amides is 3. The Morgan fingerprint density at radius 1 is 1.07 bits per heavy atom. The highest BCUT2D eigenvalue weighted by molar-refractivity contribution is 5.89. The van der Waals surface area contributed by atoms with Gasteiger partial charge in [-0.2, -0.15) is 0 Å². The van der Waals surface area contributed by atoms with Crippen LogP contribution in [-0.2, 0) is 9.53 Å². The first kappa shape index (κ1) is 19.3. The van der Waals surface area contributed by atoms with Crippen molar-refractivity contribution in [3.8, 4) is 5.75 Å². The number of alkyl halides is 3. The van der Waals surface area contributed by atoms with Crippen LogP contribution in [0.25, 0.3) is 0 Å². The molecule has 3 rings (SSSR count). The van der Waals surface area contributed by atoms with E-state index in [-0.39, 0.29) is 23.8 Å². The van der Waals surface area contributed by atoms with E-state index in [1.54, 1.807) is 9.80 Å². The van der Waals surface area contributed by atoms with Crippen LogP contribution < -0.4 is 10.1 Å². The molecule has 1 N–H and O–H groups in total. The van der Waals surface area contributed by atoms with Crippen molar-refractivity contribution in [2.45, 2.75) is 25.3 Å². The van der Waals surface area contributed by atoms with Crippen LogP contribution in [0.5, 0.6) is 5.75 Å². The van der Waals surface area contributed by atoms with Gasteiger partial charge in [0.25, 0.3) is 5.91 Å². The fourth-order valence-corrected chi connectivity index (χ4v) is 3.05. The molecule has 0 saturated carbocycles. The molecule has 2 heterocycles. The standard InChI is InChI=1S/C17H20F3N3O4/c18-17(19,20)27-13-5-3-12(4-6-13)21-16(25)23-9-7-22(8-10-23)15(24)14-2-1-11-26-14/h3-6,14H,1-2,7-11H2,(H,21,25)/t14-/m0/s1. The molecular formula is C17H20F3N3O4. The molecule has 3 amide bonds. The highest BCUT2D eigenvalue weighted by atomic mass is 19.4. The van der Waals surface area contributed by atoms with Gasteiger partial charge >= 0.3 is 12.4 Å². The molecule has 0 unspecified atom stereocenters. The van der Waals surface area contributed by atoms with Crippen LogP contribution >= 0.6 is 0 Å². The minimum atomic E-state index is -4.76. The van der Waals surface area contributed by atoms with E-state index in [0.29, 0.717) is 38.5 Å². The Hall–Kier alpha value is -2.49. The molecule has 0 aromatic heterocycles. The van der Waals surface area contributed by atoms with E-state index in [0.717, 1.165) is 25.0 Å². The second kappa shape index (κ2) is 8.03. The summed E-state index contributed by atoms with van der Waals surface area (Å²) in [5.74, 6) is -0.394. The number of carbonyl (C=O) groups is 2. The Balaban J connectivity index is 1.47. The number of nitrogens with zero attached hydrogens (tertiary/aromatic N) is 2. The number of carbonyl (C=O) groups excluding carboxylic acids is 2. The molecule has 2 aliphatic rings. The quantitative estimate of drug-likeness (QED) is 0.865. The van der Waals surface area contributed by atoms with Crippen LogP contribution in [-0.4, -0.2) is 67.0 Å². The first-order valence-electron chi connectivity index (χ1n) is 8.64. The number of hydrogen-bond acceptors (Lipinski definition) is 4. The van der Waals surface area contributed by atoms with Crippen molar-refractivity contribution in [2.75, 3.05) is 38.1 Å². The lowest BCUT2D eigenvalue weighted by Crippen LogP contribution is -2.53. The van der Waals surface area contributed by atoms with Gasteiger partial charge < -0.3 is 24.6 Å². The molecule has 148 valence electrons. The minimum Gasteiger partial charge on any atom is -0.406 e. The Bertz CT molecular complexity index is 667. The highest BCUT2D eigenvalue weighted by Crippen LogP contribution is 2.24. The number of ether oxygens (including phenoxy) is 2. The van der Waals surface area contributed by atoms with E-state index < -0.39 is 6.36 Å². The molecule has 1 aromatic rings. The average molecular weight is 387 g/mol. The molecular weight excluding hydrogens is 367 g/mol. The Morgan fingerprint density at radius 2 is 1.70 bits per heavy atom. The van der Waals surface area contributed by atoms with Crippen molar-refractivity contribution < 1.29 is 32.2 Å². The normalized spacial score (nSPS) is 20.5. The first-order valence-corrected chi connectivity index (χ1v) is 8.64. The third-order valence-electron chi connectivity index (χ3n) is 4.42. The van der Waals surface area contributed by atoms with Crippen molar-refractivity contribution in [1.29, 1.82) is 0 Å². The van der Waals surface area contributed by atoms with Crippen LogP contribution in [0.4, 0.5) is 23.7 Å². The summed E-state index contributed by atoms with van der Waals surface area (Å²) in [4.78, 5) is 27.8. The van der Waals surface area contributed by atoms with Crippen LogP contribution in [0.15, 0.2) is 24.3 Å². The largest absolute Gasteiger partial charge is 0.573 e. The van der Waals surface area contributed by atoms with Crippen LogP contribution in [0.3, 0.4) is 0 Å². The maximum atomic E-state index is 12.3. The monoisotopic (exact) mass is 387 g/mol. The smallest absolute Gasteiger partial charge is 0.406 e. The number of benzene rings is 1. The predicted octanol–water partition coefficient (Wildman–Crippen LogP) is 2.44. The van der Waals surface area contributed by atoms with E-state index in [4.69, 9.17) is 4.74 Å². The topological polar surface area (TPSA) is 71.1 Å². The number of nitrogens with one attached hydrogen (secondary N) is 1.